The highest BCUT2D eigenvalue weighted by molar-refractivity contribution is 5.92. The molecule has 0 aliphatic rings. The fraction of sp³-hybridized carbons (Fsp3) is 0.0588. The van der Waals surface area contributed by atoms with Crippen molar-refractivity contribution in [3.05, 3.63) is 98.3 Å². The van der Waals surface area contributed by atoms with Crippen molar-refractivity contribution in [3.8, 4) is 0 Å². The van der Waals surface area contributed by atoms with Gasteiger partial charge in [-0.1, -0.05) is 12.1 Å². The number of pyridine rings is 1. The van der Waals surface area contributed by atoms with E-state index in [4.69, 9.17) is 0 Å². The molecule has 0 aliphatic heterocycles. The Hall–Kier alpha value is -3.55. The van der Waals surface area contributed by atoms with Gasteiger partial charge in [0.1, 0.15) is 11.5 Å². The van der Waals surface area contributed by atoms with E-state index in [9.17, 15) is 18.8 Å². The van der Waals surface area contributed by atoms with Crippen molar-refractivity contribution in [1.82, 2.24) is 20.3 Å². The van der Waals surface area contributed by atoms with Crippen LogP contribution in [0.25, 0.3) is 0 Å². The first-order valence-electron chi connectivity index (χ1n) is 7.33. The fourth-order valence-corrected chi connectivity index (χ4v) is 2.37. The minimum Gasteiger partial charge on any atom is -0.340 e. The van der Waals surface area contributed by atoms with Crippen molar-refractivity contribution in [2.24, 2.45) is 0 Å². The summed E-state index contributed by atoms with van der Waals surface area (Å²) in [5, 5.41) is 2.73. The summed E-state index contributed by atoms with van der Waals surface area (Å²) in [6, 6.07) is 9.44. The predicted molar refractivity (Wildman–Crippen MR) is 87.6 cm³/mol. The highest BCUT2D eigenvalue weighted by atomic mass is 19.1. The van der Waals surface area contributed by atoms with E-state index in [-0.39, 0.29) is 5.69 Å². The van der Waals surface area contributed by atoms with Crippen LogP contribution in [-0.4, -0.2) is 20.9 Å². The number of aromatic amines is 2. The van der Waals surface area contributed by atoms with E-state index in [1.807, 2.05) is 4.98 Å². The van der Waals surface area contributed by atoms with Gasteiger partial charge in [0.2, 0.25) is 0 Å². The van der Waals surface area contributed by atoms with Gasteiger partial charge in [0.15, 0.2) is 0 Å². The molecule has 126 valence electrons. The van der Waals surface area contributed by atoms with Gasteiger partial charge in [-0.15, -0.1) is 0 Å². The van der Waals surface area contributed by atoms with Crippen molar-refractivity contribution in [2.45, 2.75) is 6.04 Å². The Balaban J connectivity index is 1.97. The van der Waals surface area contributed by atoms with Crippen LogP contribution in [0.4, 0.5) is 4.39 Å². The number of hydrogen-bond donors (Lipinski definition) is 3. The molecule has 3 rings (SSSR count). The molecule has 0 saturated heterocycles. The predicted octanol–water partition coefficient (Wildman–Crippen LogP) is 1.12. The summed E-state index contributed by atoms with van der Waals surface area (Å²) in [6.07, 6.45) is 3.13. The number of rotatable bonds is 4. The molecular weight excluding hydrogens is 327 g/mol. The molecule has 1 unspecified atom stereocenters. The standard InChI is InChI=1S/C17H13FN4O3/c18-12-3-1-10(2-4-12)15(11-5-7-19-8-6-11)22-16(24)13-9-14(23)21-17(25)20-13/h1-9,15H,(H,22,24)(H2,20,21,23,25). The number of halogens is 1. The zero-order valence-corrected chi connectivity index (χ0v) is 12.8. The maximum Gasteiger partial charge on any atom is 0.326 e. The second-order valence-corrected chi connectivity index (χ2v) is 5.24. The first-order chi connectivity index (χ1) is 12.0. The van der Waals surface area contributed by atoms with E-state index < -0.39 is 29.0 Å². The number of carbonyl (C=O) groups is 1. The van der Waals surface area contributed by atoms with E-state index in [0.717, 1.165) is 6.07 Å². The Morgan fingerprint density at radius 1 is 1.00 bits per heavy atom. The van der Waals surface area contributed by atoms with Gasteiger partial charge in [-0.05, 0) is 35.4 Å². The third-order valence-corrected chi connectivity index (χ3v) is 3.52. The molecular formula is C17H13FN4O3. The van der Waals surface area contributed by atoms with Crippen molar-refractivity contribution in [2.75, 3.05) is 0 Å². The summed E-state index contributed by atoms with van der Waals surface area (Å²) in [5.74, 6) is -1.04. The summed E-state index contributed by atoms with van der Waals surface area (Å²) in [5.41, 5.74) is -0.291. The highest BCUT2D eigenvalue weighted by Crippen LogP contribution is 2.22. The first-order valence-corrected chi connectivity index (χ1v) is 7.33. The Morgan fingerprint density at radius 3 is 2.28 bits per heavy atom. The number of nitrogens with zero attached hydrogens (tertiary/aromatic N) is 1. The molecule has 2 aromatic heterocycles. The zero-order chi connectivity index (χ0) is 17.8. The average Bonchev–Trinajstić information content (AvgIpc) is 2.60. The van der Waals surface area contributed by atoms with Gasteiger partial charge in [0.05, 0.1) is 6.04 Å². The quantitative estimate of drug-likeness (QED) is 0.661. The van der Waals surface area contributed by atoms with Gasteiger partial charge in [-0.2, -0.15) is 0 Å². The monoisotopic (exact) mass is 340 g/mol. The molecule has 8 heteroatoms. The molecule has 1 aromatic carbocycles. The van der Waals surface area contributed by atoms with Crippen LogP contribution in [0.1, 0.15) is 27.7 Å². The lowest BCUT2D eigenvalue weighted by molar-refractivity contribution is 0.0937. The van der Waals surface area contributed by atoms with Gasteiger partial charge in [-0.25, -0.2) is 9.18 Å². The largest absolute Gasteiger partial charge is 0.340 e. The molecule has 0 fully saturated rings. The molecule has 25 heavy (non-hydrogen) atoms. The Morgan fingerprint density at radius 2 is 1.64 bits per heavy atom. The number of benzene rings is 1. The second-order valence-electron chi connectivity index (χ2n) is 5.24. The molecule has 1 atom stereocenters. The lowest BCUT2D eigenvalue weighted by Gasteiger charge is -2.19. The Kier molecular flexibility index (Phi) is 4.51. The summed E-state index contributed by atoms with van der Waals surface area (Å²) in [4.78, 5) is 43.4. The van der Waals surface area contributed by atoms with Gasteiger partial charge in [-0.3, -0.25) is 19.6 Å². The number of amides is 1. The lowest BCUT2D eigenvalue weighted by atomic mass is 9.99. The summed E-state index contributed by atoms with van der Waals surface area (Å²) >= 11 is 0. The molecule has 3 aromatic rings. The van der Waals surface area contributed by atoms with Crippen LogP contribution >= 0.6 is 0 Å². The SMILES string of the molecule is O=C(NC(c1ccncc1)c1ccc(F)cc1)c1cc(=O)[nH]c(=O)[nH]1. The van der Waals surface area contributed by atoms with Crippen LogP contribution in [-0.2, 0) is 0 Å². The molecule has 2 heterocycles. The van der Waals surface area contributed by atoms with E-state index >= 15 is 0 Å². The van der Waals surface area contributed by atoms with Crippen molar-refractivity contribution in [1.29, 1.82) is 0 Å². The molecule has 0 aliphatic carbocycles. The molecule has 0 bridgehead atoms. The molecule has 1 amide bonds. The number of carbonyl (C=O) groups excluding carboxylic acids is 1. The van der Waals surface area contributed by atoms with Crippen LogP contribution in [0.15, 0.2) is 64.4 Å². The smallest absolute Gasteiger partial charge is 0.326 e. The number of H-pyrrole nitrogens is 2. The average molecular weight is 340 g/mol. The minimum absolute atomic E-state index is 0.171. The van der Waals surface area contributed by atoms with Crippen molar-refractivity contribution < 1.29 is 9.18 Å². The van der Waals surface area contributed by atoms with E-state index in [1.165, 1.54) is 12.1 Å². The minimum atomic E-state index is -0.778. The fourth-order valence-electron chi connectivity index (χ4n) is 2.37. The van der Waals surface area contributed by atoms with Crippen LogP contribution in [0, 0.1) is 5.82 Å². The topological polar surface area (TPSA) is 108 Å². The maximum absolute atomic E-state index is 13.2. The van der Waals surface area contributed by atoms with E-state index in [1.54, 1.807) is 36.7 Å². The maximum atomic E-state index is 13.2. The van der Waals surface area contributed by atoms with Crippen LogP contribution in [0.2, 0.25) is 0 Å². The molecule has 7 nitrogen and oxygen atoms in total. The molecule has 0 radical (unpaired) electrons. The van der Waals surface area contributed by atoms with E-state index in [2.05, 4.69) is 15.3 Å². The first kappa shape index (κ1) is 16.3. The number of aromatic nitrogens is 3. The second kappa shape index (κ2) is 6.91. The van der Waals surface area contributed by atoms with Gasteiger partial charge >= 0.3 is 5.69 Å². The summed E-state index contributed by atoms with van der Waals surface area (Å²) in [7, 11) is 0. The summed E-state index contributed by atoms with van der Waals surface area (Å²) < 4.78 is 13.2. The van der Waals surface area contributed by atoms with E-state index in [0.29, 0.717) is 11.1 Å². The molecule has 3 N–H and O–H groups in total. The van der Waals surface area contributed by atoms with Crippen LogP contribution in [0.5, 0.6) is 0 Å². The highest BCUT2D eigenvalue weighted by Gasteiger charge is 2.19. The molecule has 0 spiro atoms. The normalized spacial score (nSPS) is 11.7. The van der Waals surface area contributed by atoms with Crippen molar-refractivity contribution in [3.63, 3.8) is 0 Å². The summed E-state index contributed by atoms with van der Waals surface area (Å²) in [6.45, 7) is 0. The third kappa shape index (κ3) is 3.86. The Bertz CT molecular complexity index is 968. The van der Waals surface area contributed by atoms with Crippen molar-refractivity contribution >= 4 is 5.91 Å². The van der Waals surface area contributed by atoms with Gasteiger partial charge in [0.25, 0.3) is 11.5 Å². The number of nitrogens with one attached hydrogen (secondary N) is 3. The number of hydrogen-bond acceptors (Lipinski definition) is 4. The van der Waals surface area contributed by atoms with Gasteiger partial charge < -0.3 is 10.3 Å². The van der Waals surface area contributed by atoms with Crippen LogP contribution < -0.4 is 16.6 Å². The third-order valence-electron chi connectivity index (χ3n) is 3.52. The van der Waals surface area contributed by atoms with Gasteiger partial charge in [0, 0.05) is 18.5 Å². The molecule has 0 saturated carbocycles. The Labute approximate surface area is 140 Å². The van der Waals surface area contributed by atoms with Crippen LogP contribution in [0.3, 0.4) is 0 Å². The lowest BCUT2D eigenvalue weighted by Crippen LogP contribution is -2.33. The zero-order valence-electron chi connectivity index (χ0n) is 12.8.